The van der Waals surface area contributed by atoms with Crippen molar-refractivity contribution in [2.24, 2.45) is 0 Å². The number of ketones is 1. The van der Waals surface area contributed by atoms with Crippen LogP contribution in [-0.4, -0.2) is 16.3 Å². The highest BCUT2D eigenvalue weighted by Crippen LogP contribution is 2.58. The fraction of sp³-hybridized carbons (Fsp3) is 0.147. The molecular formula is C34H25ClN4O2. The van der Waals surface area contributed by atoms with E-state index in [9.17, 15) is 10.1 Å². The lowest BCUT2D eigenvalue weighted by atomic mass is 9.63. The van der Waals surface area contributed by atoms with Crippen molar-refractivity contribution in [1.29, 1.82) is 5.26 Å². The Kier molecular flexibility index (Phi) is 5.92. The summed E-state index contributed by atoms with van der Waals surface area (Å²) in [6, 6.07) is 30.9. The number of rotatable bonds is 4. The average Bonchev–Trinajstić information content (AvgIpc) is 3.61. The smallest absolute Gasteiger partial charge is 0.248 e. The highest BCUT2D eigenvalue weighted by Gasteiger charge is 2.62. The van der Waals surface area contributed by atoms with Crippen molar-refractivity contribution < 1.29 is 9.59 Å². The number of halogens is 1. The fourth-order valence-electron chi connectivity index (χ4n) is 6.61. The number of allylic oxidation sites excluding steroid dienone is 1. The fourth-order valence-corrected chi connectivity index (χ4v) is 6.80. The van der Waals surface area contributed by atoms with Crippen LogP contribution in [0.3, 0.4) is 0 Å². The number of hydrogen-bond donors (Lipinski definition) is 0. The molecule has 0 radical (unpaired) electrons. The van der Waals surface area contributed by atoms with Gasteiger partial charge in [0, 0.05) is 52.0 Å². The van der Waals surface area contributed by atoms with E-state index in [1.165, 1.54) is 0 Å². The van der Waals surface area contributed by atoms with Crippen LogP contribution < -0.4 is 9.80 Å². The van der Waals surface area contributed by atoms with Gasteiger partial charge in [-0.05, 0) is 54.8 Å². The summed E-state index contributed by atoms with van der Waals surface area (Å²) in [6.07, 6.45) is 5.33. The van der Waals surface area contributed by atoms with Crippen molar-refractivity contribution in [3.05, 3.63) is 136 Å². The van der Waals surface area contributed by atoms with Crippen LogP contribution in [0.5, 0.6) is 0 Å². The molecule has 3 aromatic carbocycles. The molecule has 1 aromatic heterocycles. The van der Waals surface area contributed by atoms with Crippen molar-refractivity contribution in [1.82, 2.24) is 4.57 Å². The number of carbonyl (C=O) groups excluding carboxylic acids is 2. The van der Waals surface area contributed by atoms with Crippen molar-refractivity contribution in [3.63, 3.8) is 0 Å². The number of Topliss-reactive ketones (excluding diaryl/α,β-unsaturated/α-hetero) is 1. The second-order valence-electron chi connectivity index (χ2n) is 10.4. The lowest BCUT2D eigenvalue weighted by molar-refractivity contribution is -0.124. The van der Waals surface area contributed by atoms with Gasteiger partial charge in [-0.2, -0.15) is 5.26 Å². The van der Waals surface area contributed by atoms with Gasteiger partial charge in [0.1, 0.15) is 17.3 Å². The first-order valence-corrected chi connectivity index (χ1v) is 14.0. The van der Waals surface area contributed by atoms with Crippen molar-refractivity contribution in [2.45, 2.75) is 31.2 Å². The number of carbonyl (C=O) groups is 2. The molecule has 1 spiro atoms. The Balaban J connectivity index is 1.57. The number of para-hydroxylation sites is 2. The van der Waals surface area contributed by atoms with Gasteiger partial charge in [0.05, 0.1) is 12.1 Å². The molecule has 1 atom stereocenters. The molecule has 0 bridgehead atoms. The second kappa shape index (κ2) is 9.65. The summed E-state index contributed by atoms with van der Waals surface area (Å²) in [4.78, 5) is 32.8. The van der Waals surface area contributed by atoms with E-state index in [1.807, 2.05) is 107 Å². The van der Waals surface area contributed by atoms with E-state index in [0.29, 0.717) is 46.9 Å². The minimum atomic E-state index is -1.58. The Labute approximate surface area is 243 Å². The number of benzene rings is 3. The summed E-state index contributed by atoms with van der Waals surface area (Å²) >= 11 is 6.55. The van der Waals surface area contributed by atoms with Gasteiger partial charge in [0.15, 0.2) is 5.78 Å². The molecule has 6 nitrogen and oxygen atoms in total. The van der Waals surface area contributed by atoms with Crippen LogP contribution in [0, 0.1) is 11.3 Å². The standard InChI is InChI=1S/C34H25ClN4O2/c35-27-15-6-4-11-23(27)22-38-28-16-7-5-14-25(28)34(33(38)41)26(21-36)32(37-19-8-9-20-37)39(24-12-2-1-3-13-24)29-17-10-18-30(40)31(29)34/h1-9,11-16,19-20H,10,17-18,22H2. The lowest BCUT2D eigenvalue weighted by Gasteiger charge is -2.45. The van der Waals surface area contributed by atoms with Gasteiger partial charge in [-0.3, -0.25) is 14.5 Å². The molecule has 41 heavy (non-hydrogen) atoms. The average molecular weight is 557 g/mol. The summed E-state index contributed by atoms with van der Waals surface area (Å²) in [7, 11) is 0. The zero-order chi connectivity index (χ0) is 28.1. The zero-order valence-corrected chi connectivity index (χ0v) is 22.9. The third kappa shape index (κ3) is 3.56. The minimum Gasteiger partial charge on any atom is -0.309 e. The Hall–Kier alpha value is -4.86. The summed E-state index contributed by atoms with van der Waals surface area (Å²) in [5.74, 6) is 0.143. The molecule has 200 valence electrons. The Morgan fingerprint density at radius 2 is 1.56 bits per heavy atom. The molecule has 0 saturated heterocycles. The number of nitrogens with zero attached hydrogens (tertiary/aromatic N) is 4. The van der Waals surface area contributed by atoms with Crippen LogP contribution in [0.2, 0.25) is 5.02 Å². The maximum absolute atomic E-state index is 15.1. The van der Waals surface area contributed by atoms with E-state index < -0.39 is 5.41 Å². The molecule has 3 aliphatic rings. The topological polar surface area (TPSA) is 69.3 Å². The number of amides is 1. The first-order chi connectivity index (χ1) is 20.1. The normalized spacial score (nSPS) is 20.0. The van der Waals surface area contributed by atoms with Crippen molar-refractivity contribution in [2.75, 3.05) is 9.80 Å². The van der Waals surface area contributed by atoms with E-state index in [0.717, 1.165) is 16.9 Å². The SMILES string of the molecule is N#CC1=C(n2cccc2)N(c2ccccc2)C2=C(C(=O)CCC2)C12C(=O)N(Cc1ccccc1Cl)c1ccccc12. The molecule has 0 saturated carbocycles. The highest BCUT2D eigenvalue weighted by molar-refractivity contribution is 6.31. The number of fused-ring (bicyclic) bond motifs is 3. The molecule has 0 fully saturated rings. The van der Waals surface area contributed by atoms with Gasteiger partial charge >= 0.3 is 0 Å². The van der Waals surface area contributed by atoms with Crippen molar-refractivity contribution >= 4 is 40.5 Å². The molecule has 0 N–H and O–H groups in total. The van der Waals surface area contributed by atoms with Gasteiger partial charge in [0.2, 0.25) is 5.91 Å². The summed E-state index contributed by atoms with van der Waals surface area (Å²) < 4.78 is 1.88. The Morgan fingerprint density at radius 3 is 2.32 bits per heavy atom. The maximum atomic E-state index is 15.1. The lowest BCUT2D eigenvalue weighted by Crippen LogP contribution is -2.51. The third-order valence-corrected chi connectivity index (χ3v) is 8.64. The Bertz CT molecular complexity index is 1820. The van der Waals surface area contributed by atoms with Crippen LogP contribution in [0.4, 0.5) is 11.4 Å². The van der Waals surface area contributed by atoms with Crippen LogP contribution in [-0.2, 0) is 21.5 Å². The van der Waals surface area contributed by atoms with Gasteiger partial charge in [-0.1, -0.05) is 66.2 Å². The summed E-state index contributed by atoms with van der Waals surface area (Å²) in [6.45, 7) is 0.216. The van der Waals surface area contributed by atoms with E-state index in [4.69, 9.17) is 11.6 Å². The molecule has 7 rings (SSSR count). The molecule has 7 heteroatoms. The minimum absolute atomic E-state index is 0.103. The molecule has 3 heterocycles. The van der Waals surface area contributed by atoms with E-state index in [1.54, 1.807) is 11.0 Å². The molecule has 1 unspecified atom stereocenters. The van der Waals surface area contributed by atoms with Crippen LogP contribution in [0.1, 0.15) is 30.4 Å². The van der Waals surface area contributed by atoms with Crippen molar-refractivity contribution in [3.8, 4) is 6.07 Å². The number of nitriles is 1. The first-order valence-electron chi connectivity index (χ1n) is 13.6. The number of hydrogen-bond acceptors (Lipinski definition) is 4. The molecular weight excluding hydrogens is 532 g/mol. The molecule has 1 amide bonds. The number of anilines is 2. The van der Waals surface area contributed by atoms with Gasteiger partial charge in [-0.15, -0.1) is 0 Å². The quantitative estimate of drug-likeness (QED) is 0.276. The predicted molar refractivity (Wildman–Crippen MR) is 159 cm³/mol. The Morgan fingerprint density at radius 1 is 0.854 bits per heavy atom. The van der Waals surface area contributed by atoms with Crippen LogP contribution in [0.15, 0.2) is 120 Å². The zero-order valence-electron chi connectivity index (χ0n) is 22.1. The van der Waals surface area contributed by atoms with E-state index in [2.05, 4.69) is 6.07 Å². The molecule has 4 aromatic rings. The predicted octanol–water partition coefficient (Wildman–Crippen LogP) is 6.85. The summed E-state index contributed by atoms with van der Waals surface area (Å²) in [5.41, 5.74) is 2.75. The van der Waals surface area contributed by atoms with Crippen LogP contribution in [0.25, 0.3) is 5.82 Å². The number of aromatic nitrogens is 1. The van der Waals surface area contributed by atoms with Gasteiger partial charge in [-0.25, -0.2) is 0 Å². The monoisotopic (exact) mass is 556 g/mol. The maximum Gasteiger partial charge on any atom is 0.248 e. The summed E-state index contributed by atoms with van der Waals surface area (Å²) in [5, 5.41) is 11.6. The van der Waals surface area contributed by atoms with E-state index in [-0.39, 0.29) is 23.8 Å². The highest BCUT2D eigenvalue weighted by atomic mass is 35.5. The largest absolute Gasteiger partial charge is 0.309 e. The second-order valence-corrected chi connectivity index (χ2v) is 10.8. The first kappa shape index (κ1) is 25.1. The van der Waals surface area contributed by atoms with Crippen LogP contribution >= 0.6 is 11.6 Å². The molecule has 2 aliphatic heterocycles. The van der Waals surface area contributed by atoms with E-state index >= 15 is 4.79 Å². The van der Waals surface area contributed by atoms with Gasteiger partial charge in [0.25, 0.3) is 0 Å². The molecule has 1 aliphatic carbocycles. The van der Waals surface area contributed by atoms with Gasteiger partial charge < -0.3 is 9.47 Å². The third-order valence-electron chi connectivity index (χ3n) is 8.27.